The number of hydrogen-bond acceptors (Lipinski definition) is 5. The Hall–Kier alpha value is -2.17. The number of carbonyl (C=O) groups excluding carboxylic acids is 1. The van der Waals surface area contributed by atoms with Gasteiger partial charge in [0.25, 0.3) is 0 Å². The molecule has 3 heterocycles. The number of hydrogen-bond donors (Lipinski definition) is 0. The molecule has 3 atom stereocenters. The molecule has 25 heavy (non-hydrogen) atoms. The zero-order valence-corrected chi connectivity index (χ0v) is 15.2. The van der Waals surface area contributed by atoms with Crippen molar-refractivity contribution in [2.75, 3.05) is 18.0 Å². The van der Waals surface area contributed by atoms with Crippen molar-refractivity contribution in [2.24, 2.45) is 11.8 Å². The number of rotatable bonds is 2. The number of piperidine rings is 1. The topological polar surface area (TPSA) is 59.2 Å². The van der Waals surface area contributed by atoms with Gasteiger partial charge in [-0.15, -0.1) is 0 Å². The molecule has 0 saturated carbocycles. The molecule has 0 aromatic carbocycles. The third-order valence-corrected chi connectivity index (χ3v) is 5.40. The zero-order chi connectivity index (χ0) is 17.6. The molecule has 2 aromatic heterocycles. The number of furan rings is 1. The maximum absolute atomic E-state index is 12.7. The normalized spacial score (nSPS) is 26.6. The third kappa shape index (κ3) is 3.08. The Kier molecular flexibility index (Phi) is 4.10. The monoisotopic (exact) mass is 339 g/mol. The van der Waals surface area contributed by atoms with E-state index in [1.165, 1.54) is 6.42 Å². The molecular weight excluding hydrogens is 314 g/mol. The van der Waals surface area contributed by atoms with Gasteiger partial charge in [0.2, 0.25) is 5.95 Å². The Balaban J connectivity index is 1.68. The highest BCUT2D eigenvalue weighted by atomic mass is 16.3. The summed E-state index contributed by atoms with van der Waals surface area (Å²) in [6, 6.07) is 3.83. The SMILES string of the molecule is Cc1nc(N2C[C@H](C)C[C@H](C)C2)nc2c1C(=O)C[C@@H](c1ccco1)C2. The van der Waals surface area contributed by atoms with E-state index in [-0.39, 0.29) is 11.7 Å². The molecule has 0 amide bonds. The summed E-state index contributed by atoms with van der Waals surface area (Å²) < 4.78 is 5.54. The lowest BCUT2D eigenvalue weighted by Crippen LogP contribution is -2.40. The fraction of sp³-hybridized carbons (Fsp3) is 0.550. The van der Waals surface area contributed by atoms with E-state index in [1.54, 1.807) is 6.26 Å². The summed E-state index contributed by atoms with van der Waals surface area (Å²) in [4.78, 5) is 24.5. The van der Waals surface area contributed by atoms with Crippen LogP contribution < -0.4 is 4.90 Å². The number of nitrogens with zero attached hydrogens (tertiary/aromatic N) is 3. The first-order chi connectivity index (χ1) is 12.0. The summed E-state index contributed by atoms with van der Waals surface area (Å²) in [5, 5.41) is 0. The van der Waals surface area contributed by atoms with Crippen molar-refractivity contribution in [3.8, 4) is 0 Å². The minimum absolute atomic E-state index is 0.0800. The van der Waals surface area contributed by atoms with Crippen LogP contribution in [-0.4, -0.2) is 28.8 Å². The van der Waals surface area contributed by atoms with Crippen molar-refractivity contribution in [2.45, 2.75) is 46.0 Å². The molecule has 0 N–H and O–H groups in total. The van der Waals surface area contributed by atoms with Gasteiger partial charge in [0.05, 0.1) is 23.2 Å². The first kappa shape index (κ1) is 16.3. The molecule has 1 aliphatic carbocycles. The van der Waals surface area contributed by atoms with Gasteiger partial charge in [-0.05, 0) is 37.3 Å². The lowest BCUT2D eigenvalue weighted by atomic mass is 9.84. The number of ketones is 1. The van der Waals surface area contributed by atoms with Crippen molar-refractivity contribution < 1.29 is 9.21 Å². The standard InChI is InChI=1S/C20H25N3O2/c1-12-7-13(2)11-23(10-12)20-21-14(3)19-16(22-20)8-15(9-17(19)24)18-5-4-6-25-18/h4-6,12-13,15H,7-11H2,1-3H3/t12-,13+,15-/m0/s1. The maximum Gasteiger partial charge on any atom is 0.225 e. The summed E-state index contributed by atoms with van der Waals surface area (Å²) in [6.45, 7) is 8.47. The van der Waals surface area contributed by atoms with Gasteiger partial charge < -0.3 is 9.32 Å². The Morgan fingerprint density at radius 2 is 1.92 bits per heavy atom. The fourth-order valence-corrected chi connectivity index (χ4v) is 4.45. The van der Waals surface area contributed by atoms with Crippen LogP contribution in [0.4, 0.5) is 5.95 Å². The molecule has 5 heteroatoms. The average molecular weight is 339 g/mol. The van der Waals surface area contributed by atoms with Gasteiger partial charge in [-0.2, -0.15) is 0 Å². The second-order valence-corrected chi connectivity index (χ2v) is 7.83. The zero-order valence-electron chi connectivity index (χ0n) is 15.2. The van der Waals surface area contributed by atoms with E-state index in [2.05, 4.69) is 23.7 Å². The van der Waals surface area contributed by atoms with Crippen LogP contribution in [0.25, 0.3) is 0 Å². The molecule has 1 saturated heterocycles. The Labute approximate surface area is 148 Å². The van der Waals surface area contributed by atoms with Gasteiger partial charge in [0, 0.05) is 31.8 Å². The highest BCUT2D eigenvalue weighted by molar-refractivity contribution is 5.99. The smallest absolute Gasteiger partial charge is 0.225 e. The third-order valence-electron chi connectivity index (χ3n) is 5.40. The van der Waals surface area contributed by atoms with Crippen LogP contribution >= 0.6 is 0 Å². The molecule has 0 radical (unpaired) electrons. The second-order valence-electron chi connectivity index (χ2n) is 7.83. The first-order valence-corrected chi connectivity index (χ1v) is 9.20. The minimum Gasteiger partial charge on any atom is -0.469 e. The van der Waals surface area contributed by atoms with E-state index in [1.807, 2.05) is 19.1 Å². The van der Waals surface area contributed by atoms with Crippen LogP contribution in [-0.2, 0) is 6.42 Å². The van der Waals surface area contributed by atoms with Crippen LogP contribution in [0.3, 0.4) is 0 Å². The van der Waals surface area contributed by atoms with Crippen molar-refractivity contribution in [3.05, 3.63) is 41.1 Å². The molecule has 1 aliphatic heterocycles. The number of fused-ring (bicyclic) bond motifs is 1. The summed E-state index contributed by atoms with van der Waals surface area (Å²) in [5.41, 5.74) is 2.42. The van der Waals surface area contributed by atoms with Crippen molar-refractivity contribution in [1.82, 2.24) is 9.97 Å². The van der Waals surface area contributed by atoms with Crippen molar-refractivity contribution in [3.63, 3.8) is 0 Å². The van der Waals surface area contributed by atoms with Gasteiger partial charge in [0.1, 0.15) is 5.76 Å². The average Bonchev–Trinajstić information content (AvgIpc) is 3.07. The highest BCUT2D eigenvalue weighted by Crippen LogP contribution is 2.34. The lowest BCUT2D eigenvalue weighted by molar-refractivity contribution is 0.0957. The molecular formula is C20H25N3O2. The number of aryl methyl sites for hydroxylation is 1. The molecule has 2 aromatic rings. The van der Waals surface area contributed by atoms with E-state index in [0.29, 0.717) is 18.3 Å². The van der Waals surface area contributed by atoms with Crippen LogP contribution in [0, 0.1) is 18.8 Å². The summed E-state index contributed by atoms with van der Waals surface area (Å²) in [5.74, 6) is 3.14. The largest absolute Gasteiger partial charge is 0.469 e. The van der Waals surface area contributed by atoms with Crippen LogP contribution in [0.1, 0.15) is 60.1 Å². The van der Waals surface area contributed by atoms with Gasteiger partial charge in [0.15, 0.2) is 5.78 Å². The van der Waals surface area contributed by atoms with Gasteiger partial charge in [-0.3, -0.25) is 4.79 Å². The van der Waals surface area contributed by atoms with Crippen molar-refractivity contribution >= 4 is 11.7 Å². The predicted molar refractivity (Wildman–Crippen MR) is 96.0 cm³/mol. The molecule has 2 aliphatic rings. The summed E-state index contributed by atoms with van der Waals surface area (Å²) >= 11 is 0. The molecule has 0 unspecified atom stereocenters. The molecule has 5 nitrogen and oxygen atoms in total. The van der Waals surface area contributed by atoms with Gasteiger partial charge in [-0.1, -0.05) is 13.8 Å². The Bertz CT molecular complexity index is 774. The molecule has 0 bridgehead atoms. The van der Waals surface area contributed by atoms with Crippen LogP contribution in [0.5, 0.6) is 0 Å². The van der Waals surface area contributed by atoms with Gasteiger partial charge in [-0.25, -0.2) is 9.97 Å². The second kappa shape index (κ2) is 6.28. The number of anilines is 1. The van der Waals surface area contributed by atoms with Crippen LogP contribution in [0.2, 0.25) is 0 Å². The summed E-state index contributed by atoms with van der Waals surface area (Å²) in [7, 11) is 0. The predicted octanol–water partition coefficient (Wildman–Crippen LogP) is 3.77. The van der Waals surface area contributed by atoms with Gasteiger partial charge >= 0.3 is 0 Å². The highest BCUT2D eigenvalue weighted by Gasteiger charge is 2.32. The quantitative estimate of drug-likeness (QED) is 0.833. The van der Waals surface area contributed by atoms with E-state index in [9.17, 15) is 4.79 Å². The van der Waals surface area contributed by atoms with Crippen molar-refractivity contribution in [1.29, 1.82) is 0 Å². The molecule has 4 rings (SSSR count). The molecule has 132 valence electrons. The van der Waals surface area contributed by atoms with E-state index in [0.717, 1.165) is 48.2 Å². The Morgan fingerprint density at radius 1 is 1.16 bits per heavy atom. The first-order valence-electron chi connectivity index (χ1n) is 9.20. The maximum atomic E-state index is 12.7. The van der Waals surface area contributed by atoms with E-state index in [4.69, 9.17) is 9.40 Å². The molecule has 0 spiro atoms. The number of carbonyl (C=O) groups is 1. The number of Topliss-reactive ketones (excluding diaryl/α,β-unsaturated/α-hetero) is 1. The fourth-order valence-electron chi connectivity index (χ4n) is 4.45. The number of aromatic nitrogens is 2. The minimum atomic E-state index is 0.0800. The van der Waals surface area contributed by atoms with Crippen LogP contribution in [0.15, 0.2) is 22.8 Å². The molecule has 1 fully saturated rings. The van der Waals surface area contributed by atoms with E-state index < -0.39 is 0 Å². The lowest BCUT2D eigenvalue weighted by Gasteiger charge is -2.35. The summed E-state index contributed by atoms with van der Waals surface area (Å²) in [6.07, 6.45) is 4.13. The Morgan fingerprint density at radius 3 is 2.60 bits per heavy atom. The van der Waals surface area contributed by atoms with E-state index >= 15 is 0 Å².